The maximum Gasteiger partial charge on any atom is 0.124 e. The molecule has 0 aromatic heterocycles. The van der Waals surface area contributed by atoms with Crippen molar-refractivity contribution in [3.63, 3.8) is 0 Å². The molecule has 0 aliphatic heterocycles. The summed E-state index contributed by atoms with van der Waals surface area (Å²) in [6, 6.07) is 7.50. The van der Waals surface area contributed by atoms with Crippen LogP contribution in [0.25, 0.3) is 0 Å². The fourth-order valence-electron chi connectivity index (χ4n) is 3.19. The number of hydrogen-bond donors (Lipinski definition) is 1. The third kappa shape index (κ3) is 4.52. The summed E-state index contributed by atoms with van der Waals surface area (Å²) in [6.45, 7) is 3.87. The van der Waals surface area contributed by atoms with Gasteiger partial charge in [0.2, 0.25) is 0 Å². The Morgan fingerprint density at radius 1 is 1.29 bits per heavy atom. The molecule has 0 amide bonds. The van der Waals surface area contributed by atoms with Crippen LogP contribution in [0.3, 0.4) is 0 Å². The van der Waals surface area contributed by atoms with Gasteiger partial charge in [0.15, 0.2) is 0 Å². The quantitative estimate of drug-likeness (QED) is 0.905. The Labute approximate surface area is 126 Å². The molecule has 1 aliphatic carbocycles. The SMILES string of the molecule is CCCN(Cc1cc(F)cc(C#N)c1)C1CCC(N)CC1. The topological polar surface area (TPSA) is 53.0 Å². The molecule has 4 heteroatoms. The molecule has 1 fully saturated rings. The van der Waals surface area contributed by atoms with Crippen LogP contribution in [-0.2, 0) is 6.54 Å². The summed E-state index contributed by atoms with van der Waals surface area (Å²) in [4.78, 5) is 2.42. The van der Waals surface area contributed by atoms with Gasteiger partial charge in [-0.2, -0.15) is 5.26 Å². The van der Waals surface area contributed by atoms with Crippen LogP contribution in [-0.4, -0.2) is 23.5 Å². The first-order chi connectivity index (χ1) is 10.1. The Morgan fingerprint density at radius 3 is 2.62 bits per heavy atom. The molecule has 0 radical (unpaired) electrons. The lowest BCUT2D eigenvalue weighted by Crippen LogP contribution is -2.40. The number of hydrogen-bond acceptors (Lipinski definition) is 3. The lowest BCUT2D eigenvalue weighted by Gasteiger charge is -2.36. The van der Waals surface area contributed by atoms with Crippen LogP contribution in [0.2, 0.25) is 0 Å². The molecule has 0 bridgehead atoms. The van der Waals surface area contributed by atoms with Gasteiger partial charge < -0.3 is 5.73 Å². The highest BCUT2D eigenvalue weighted by Gasteiger charge is 2.24. The van der Waals surface area contributed by atoms with Crippen molar-refractivity contribution in [2.24, 2.45) is 5.73 Å². The van der Waals surface area contributed by atoms with Gasteiger partial charge in [0, 0.05) is 18.6 Å². The molecule has 1 aliphatic rings. The second kappa shape index (κ2) is 7.53. The van der Waals surface area contributed by atoms with Crippen LogP contribution in [0.15, 0.2) is 18.2 Å². The first-order valence-corrected chi connectivity index (χ1v) is 7.81. The number of nitrogens with zero attached hydrogens (tertiary/aromatic N) is 2. The van der Waals surface area contributed by atoms with Crippen LogP contribution in [0.5, 0.6) is 0 Å². The molecule has 0 spiro atoms. The van der Waals surface area contributed by atoms with Gasteiger partial charge in [-0.25, -0.2) is 4.39 Å². The molecular formula is C17H24FN3. The van der Waals surface area contributed by atoms with E-state index in [-0.39, 0.29) is 5.82 Å². The third-order valence-electron chi connectivity index (χ3n) is 4.24. The van der Waals surface area contributed by atoms with Crippen LogP contribution < -0.4 is 5.73 Å². The largest absolute Gasteiger partial charge is 0.328 e. The molecular weight excluding hydrogens is 265 g/mol. The highest BCUT2D eigenvalue weighted by atomic mass is 19.1. The van der Waals surface area contributed by atoms with E-state index >= 15 is 0 Å². The fraction of sp³-hybridized carbons (Fsp3) is 0.588. The molecule has 2 rings (SSSR count). The number of benzene rings is 1. The number of halogens is 1. The zero-order chi connectivity index (χ0) is 15.2. The van der Waals surface area contributed by atoms with E-state index in [2.05, 4.69) is 11.8 Å². The zero-order valence-corrected chi connectivity index (χ0v) is 12.7. The Hall–Kier alpha value is -1.44. The van der Waals surface area contributed by atoms with Gasteiger partial charge in [-0.05, 0) is 62.4 Å². The molecule has 1 aromatic rings. The number of nitriles is 1. The molecule has 3 nitrogen and oxygen atoms in total. The minimum Gasteiger partial charge on any atom is -0.328 e. The Balaban J connectivity index is 2.09. The second-order valence-corrected chi connectivity index (χ2v) is 6.00. The highest BCUT2D eigenvalue weighted by molar-refractivity contribution is 5.33. The first kappa shape index (κ1) is 15.9. The summed E-state index contributed by atoms with van der Waals surface area (Å²) in [5, 5.41) is 8.96. The van der Waals surface area contributed by atoms with E-state index in [1.165, 1.54) is 12.1 Å². The predicted octanol–water partition coefficient (Wildman–Crippen LogP) is 3.18. The summed E-state index contributed by atoms with van der Waals surface area (Å²) in [7, 11) is 0. The highest BCUT2D eigenvalue weighted by Crippen LogP contribution is 2.24. The van der Waals surface area contributed by atoms with Gasteiger partial charge in [-0.1, -0.05) is 6.92 Å². The van der Waals surface area contributed by atoms with Crippen molar-refractivity contribution < 1.29 is 4.39 Å². The summed E-state index contributed by atoms with van der Waals surface area (Å²) >= 11 is 0. The molecule has 1 aromatic carbocycles. The smallest absolute Gasteiger partial charge is 0.124 e. The molecule has 0 atom stereocenters. The predicted molar refractivity (Wildman–Crippen MR) is 82.0 cm³/mol. The lowest BCUT2D eigenvalue weighted by molar-refractivity contribution is 0.142. The van der Waals surface area contributed by atoms with Gasteiger partial charge in [0.05, 0.1) is 11.6 Å². The van der Waals surface area contributed by atoms with Crippen LogP contribution in [0.4, 0.5) is 4.39 Å². The van der Waals surface area contributed by atoms with Crippen molar-refractivity contribution >= 4 is 0 Å². The van der Waals surface area contributed by atoms with E-state index < -0.39 is 0 Å². The van der Waals surface area contributed by atoms with Gasteiger partial charge >= 0.3 is 0 Å². The third-order valence-corrected chi connectivity index (χ3v) is 4.24. The summed E-state index contributed by atoms with van der Waals surface area (Å²) in [6.07, 6.45) is 5.43. The van der Waals surface area contributed by atoms with Crippen molar-refractivity contribution in [2.45, 2.75) is 57.7 Å². The summed E-state index contributed by atoms with van der Waals surface area (Å²) < 4.78 is 13.6. The van der Waals surface area contributed by atoms with E-state index in [0.29, 0.717) is 24.2 Å². The van der Waals surface area contributed by atoms with Crippen LogP contribution >= 0.6 is 0 Å². The van der Waals surface area contributed by atoms with E-state index in [9.17, 15) is 4.39 Å². The normalized spacial score (nSPS) is 22.2. The van der Waals surface area contributed by atoms with E-state index in [1.54, 1.807) is 6.07 Å². The van der Waals surface area contributed by atoms with Gasteiger partial charge in [0.25, 0.3) is 0 Å². The van der Waals surface area contributed by atoms with E-state index in [0.717, 1.165) is 44.2 Å². The molecule has 0 saturated heterocycles. The first-order valence-electron chi connectivity index (χ1n) is 7.81. The molecule has 0 unspecified atom stereocenters. The van der Waals surface area contributed by atoms with Crippen molar-refractivity contribution in [1.29, 1.82) is 5.26 Å². The minimum absolute atomic E-state index is 0.328. The average molecular weight is 289 g/mol. The zero-order valence-electron chi connectivity index (χ0n) is 12.7. The van der Waals surface area contributed by atoms with Crippen molar-refractivity contribution in [1.82, 2.24) is 4.90 Å². The summed E-state index contributed by atoms with van der Waals surface area (Å²) in [5.74, 6) is -0.328. The standard InChI is InChI=1S/C17H24FN3/c1-2-7-21(17-5-3-16(20)4-6-17)12-14-8-13(11-19)9-15(18)10-14/h8-10,16-17H,2-7,12,20H2,1H3. The van der Waals surface area contributed by atoms with Gasteiger partial charge in [-0.15, -0.1) is 0 Å². The molecule has 0 heterocycles. The lowest BCUT2D eigenvalue weighted by atomic mass is 9.90. The van der Waals surface area contributed by atoms with Gasteiger partial charge in [-0.3, -0.25) is 4.90 Å². The maximum atomic E-state index is 13.6. The molecule has 1 saturated carbocycles. The molecule has 21 heavy (non-hydrogen) atoms. The molecule has 2 N–H and O–H groups in total. The van der Waals surface area contributed by atoms with Crippen LogP contribution in [0, 0.1) is 17.1 Å². The van der Waals surface area contributed by atoms with Gasteiger partial charge in [0.1, 0.15) is 5.82 Å². The number of nitrogens with two attached hydrogens (primary N) is 1. The Morgan fingerprint density at radius 2 is 2.00 bits per heavy atom. The van der Waals surface area contributed by atoms with Crippen molar-refractivity contribution in [3.8, 4) is 6.07 Å². The Kier molecular flexibility index (Phi) is 5.72. The monoisotopic (exact) mass is 289 g/mol. The Bertz CT molecular complexity index is 501. The summed E-state index contributed by atoms with van der Waals surface area (Å²) in [5.41, 5.74) is 7.26. The van der Waals surface area contributed by atoms with E-state index in [1.807, 2.05) is 6.07 Å². The maximum absolute atomic E-state index is 13.6. The number of rotatable bonds is 5. The van der Waals surface area contributed by atoms with Crippen LogP contribution in [0.1, 0.15) is 50.2 Å². The molecule has 114 valence electrons. The van der Waals surface area contributed by atoms with E-state index in [4.69, 9.17) is 11.0 Å². The minimum atomic E-state index is -0.328. The fourth-order valence-corrected chi connectivity index (χ4v) is 3.19. The van der Waals surface area contributed by atoms with Crippen molar-refractivity contribution in [2.75, 3.05) is 6.54 Å². The van der Waals surface area contributed by atoms with Crippen molar-refractivity contribution in [3.05, 3.63) is 35.1 Å². The average Bonchev–Trinajstić information content (AvgIpc) is 2.47. The second-order valence-electron chi connectivity index (χ2n) is 6.00.